The minimum absolute atomic E-state index is 0.0566. The minimum Gasteiger partial charge on any atom is -0.356 e. The summed E-state index contributed by atoms with van der Waals surface area (Å²) in [6.07, 6.45) is 0. The Bertz CT molecular complexity index is 1250. The Hall–Kier alpha value is -3.03. The predicted octanol–water partition coefficient (Wildman–Crippen LogP) is 4.42. The number of nitrogens with one attached hydrogen (secondary N) is 1. The third-order valence-corrected chi connectivity index (χ3v) is 5.96. The van der Waals surface area contributed by atoms with Gasteiger partial charge in [-0.1, -0.05) is 59.8 Å². The molecule has 0 aliphatic heterocycles. The van der Waals surface area contributed by atoms with Gasteiger partial charge in [0.15, 0.2) is 5.76 Å². The Kier molecular flexibility index (Phi) is 4.70. The zero-order valence-electron chi connectivity index (χ0n) is 15.0. The van der Waals surface area contributed by atoms with Crippen molar-refractivity contribution in [2.24, 2.45) is 0 Å². The van der Waals surface area contributed by atoms with Crippen LogP contribution in [0.4, 0.5) is 4.39 Å². The smallest absolute Gasteiger partial charge is 0.241 e. The summed E-state index contributed by atoms with van der Waals surface area (Å²) in [7, 11) is -3.92. The van der Waals surface area contributed by atoms with Gasteiger partial charge in [0.05, 0.1) is 11.4 Å². The summed E-state index contributed by atoms with van der Waals surface area (Å²) in [5.74, 6) is 0.00834. The van der Waals surface area contributed by atoms with E-state index in [1.54, 1.807) is 24.3 Å². The Balaban J connectivity index is 1.59. The highest BCUT2D eigenvalue weighted by Gasteiger charge is 2.19. The maximum atomic E-state index is 14.3. The highest BCUT2D eigenvalue weighted by atomic mass is 32.2. The zero-order valence-corrected chi connectivity index (χ0v) is 15.8. The van der Waals surface area contributed by atoms with Gasteiger partial charge < -0.3 is 4.52 Å². The number of sulfonamides is 1. The van der Waals surface area contributed by atoms with Gasteiger partial charge >= 0.3 is 0 Å². The number of hydrogen-bond donors (Lipinski definition) is 1. The molecule has 0 amide bonds. The second-order valence-electron chi connectivity index (χ2n) is 6.40. The second-order valence-corrected chi connectivity index (χ2v) is 8.17. The number of fused-ring (bicyclic) bond motifs is 1. The second kappa shape index (κ2) is 7.18. The van der Waals surface area contributed by atoms with E-state index in [1.165, 1.54) is 6.07 Å². The van der Waals surface area contributed by atoms with Crippen molar-refractivity contribution in [3.63, 3.8) is 0 Å². The average molecular weight is 396 g/mol. The minimum atomic E-state index is -3.92. The number of nitrogens with zero attached hydrogens (tertiary/aromatic N) is 1. The van der Waals surface area contributed by atoms with E-state index in [9.17, 15) is 12.8 Å². The number of rotatable bonds is 5. The number of aromatic nitrogens is 1. The van der Waals surface area contributed by atoms with Crippen LogP contribution in [0, 0.1) is 12.7 Å². The van der Waals surface area contributed by atoms with Crippen LogP contribution in [0.1, 0.15) is 11.3 Å². The molecule has 0 saturated carbocycles. The molecule has 1 aromatic heterocycles. The van der Waals surface area contributed by atoms with E-state index >= 15 is 0 Å². The maximum Gasteiger partial charge on any atom is 0.241 e. The van der Waals surface area contributed by atoms with Crippen LogP contribution < -0.4 is 4.72 Å². The van der Waals surface area contributed by atoms with E-state index in [2.05, 4.69) is 9.88 Å². The van der Waals surface area contributed by atoms with Crippen LogP contribution in [-0.2, 0) is 16.6 Å². The summed E-state index contributed by atoms with van der Waals surface area (Å²) in [5, 5.41) is 4.88. The molecule has 4 rings (SSSR count). The fourth-order valence-electron chi connectivity index (χ4n) is 3.03. The molecule has 0 fully saturated rings. The van der Waals surface area contributed by atoms with Gasteiger partial charge in [0.2, 0.25) is 10.0 Å². The third kappa shape index (κ3) is 3.42. The first-order valence-corrected chi connectivity index (χ1v) is 10.1. The highest BCUT2D eigenvalue weighted by molar-refractivity contribution is 7.89. The first-order valence-electron chi connectivity index (χ1n) is 8.64. The van der Waals surface area contributed by atoms with Gasteiger partial charge in [0.25, 0.3) is 0 Å². The SMILES string of the molecule is Cc1c(CNS(=O)(=O)c2cc(F)c3ccccc3c2)noc1-c1ccccc1. The lowest BCUT2D eigenvalue weighted by Crippen LogP contribution is -2.24. The van der Waals surface area contributed by atoms with Gasteiger partial charge in [0.1, 0.15) is 11.5 Å². The molecule has 0 bridgehead atoms. The molecule has 0 unspecified atom stereocenters. The molecule has 0 radical (unpaired) electrons. The van der Waals surface area contributed by atoms with Gasteiger partial charge in [-0.15, -0.1) is 0 Å². The molecule has 5 nitrogen and oxygen atoms in total. The van der Waals surface area contributed by atoms with Crippen LogP contribution >= 0.6 is 0 Å². The van der Waals surface area contributed by atoms with Gasteiger partial charge in [0, 0.05) is 16.5 Å². The molecule has 1 heterocycles. The topological polar surface area (TPSA) is 72.2 Å². The van der Waals surface area contributed by atoms with E-state index < -0.39 is 15.8 Å². The van der Waals surface area contributed by atoms with Crippen LogP contribution in [-0.4, -0.2) is 13.6 Å². The van der Waals surface area contributed by atoms with E-state index in [0.29, 0.717) is 22.2 Å². The molecular weight excluding hydrogens is 379 g/mol. The van der Waals surface area contributed by atoms with Crippen LogP contribution in [0.15, 0.2) is 76.1 Å². The molecular formula is C21H17FN2O3S. The highest BCUT2D eigenvalue weighted by Crippen LogP contribution is 2.26. The predicted molar refractivity (Wildman–Crippen MR) is 105 cm³/mol. The van der Waals surface area contributed by atoms with Crippen LogP contribution in [0.5, 0.6) is 0 Å². The van der Waals surface area contributed by atoms with E-state index in [1.807, 2.05) is 37.3 Å². The van der Waals surface area contributed by atoms with Gasteiger partial charge in [-0.25, -0.2) is 17.5 Å². The molecule has 3 aromatic carbocycles. The lowest BCUT2D eigenvalue weighted by atomic mass is 10.1. The number of hydrogen-bond acceptors (Lipinski definition) is 4. The van der Waals surface area contributed by atoms with Crippen molar-refractivity contribution in [1.29, 1.82) is 0 Å². The quantitative estimate of drug-likeness (QED) is 0.542. The fourth-order valence-corrected chi connectivity index (χ4v) is 4.07. The summed E-state index contributed by atoms with van der Waals surface area (Å²) in [6, 6.07) is 18.6. The fraction of sp³-hybridized carbons (Fsp3) is 0.0952. The molecule has 7 heteroatoms. The summed E-state index contributed by atoms with van der Waals surface area (Å²) in [5.41, 5.74) is 2.08. The van der Waals surface area contributed by atoms with Gasteiger partial charge in [-0.3, -0.25) is 0 Å². The summed E-state index contributed by atoms with van der Waals surface area (Å²) in [6.45, 7) is 1.76. The van der Waals surface area contributed by atoms with E-state index in [4.69, 9.17) is 4.52 Å². The molecule has 0 spiro atoms. The lowest BCUT2D eigenvalue weighted by molar-refractivity contribution is 0.422. The third-order valence-electron chi connectivity index (χ3n) is 4.58. The Morgan fingerprint density at radius 2 is 1.75 bits per heavy atom. The Labute approximate surface area is 161 Å². The number of benzene rings is 3. The summed E-state index contributed by atoms with van der Waals surface area (Å²) >= 11 is 0. The van der Waals surface area contributed by atoms with Crippen molar-refractivity contribution in [2.45, 2.75) is 18.4 Å². The standard InChI is InChI=1S/C21H17FN2O3S/c1-14-20(24-27-21(14)15-7-3-2-4-8-15)13-23-28(25,26)17-11-16-9-5-6-10-18(16)19(22)12-17/h2-12,23H,13H2,1H3. The van der Waals surface area contributed by atoms with Crippen LogP contribution in [0.2, 0.25) is 0 Å². The molecule has 0 aliphatic rings. The van der Waals surface area contributed by atoms with Gasteiger partial charge in [-0.2, -0.15) is 0 Å². The Morgan fingerprint density at radius 1 is 1.04 bits per heavy atom. The number of halogens is 1. The molecule has 0 saturated heterocycles. The van der Waals surface area contributed by atoms with E-state index in [0.717, 1.165) is 17.2 Å². The molecule has 28 heavy (non-hydrogen) atoms. The largest absolute Gasteiger partial charge is 0.356 e. The lowest BCUT2D eigenvalue weighted by Gasteiger charge is -2.08. The summed E-state index contributed by atoms with van der Waals surface area (Å²) < 4.78 is 47.4. The van der Waals surface area contributed by atoms with Crippen molar-refractivity contribution in [3.05, 3.63) is 83.8 Å². The van der Waals surface area contributed by atoms with Crippen molar-refractivity contribution >= 4 is 20.8 Å². The van der Waals surface area contributed by atoms with Crippen molar-refractivity contribution in [1.82, 2.24) is 9.88 Å². The average Bonchev–Trinajstić information content (AvgIpc) is 3.07. The zero-order chi connectivity index (χ0) is 19.7. The summed E-state index contributed by atoms with van der Waals surface area (Å²) in [4.78, 5) is -0.131. The molecule has 1 N–H and O–H groups in total. The van der Waals surface area contributed by atoms with Crippen LogP contribution in [0.25, 0.3) is 22.1 Å². The first kappa shape index (κ1) is 18.3. The molecule has 0 atom stereocenters. The maximum absolute atomic E-state index is 14.3. The van der Waals surface area contributed by atoms with Crippen molar-refractivity contribution in [3.8, 4) is 11.3 Å². The van der Waals surface area contributed by atoms with Gasteiger partial charge in [-0.05, 0) is 24.4 Å². The molecule has 0 aliphatic carbocycles. The molecule has 4 aromatic rings. The Morgan fingerprint density at radius 3 is 2.54 bits per heavy atom. The van der Waals surface area contributed by atoms with E-state index in [-0.39, 0.29) is 11.4 Å². The molecule has 142 valence electrons. The first-order chi connectivity index (χ1) is 13.5. The monoisotopic (exact) mass is 396 g/mol. The van der Waals surface area contributed by atoms with Crippen molar-refractivity contribution in [2.75, 3.05) is 0 Å². The normalized spacial score (nSPS) is 11.8. The van der Waals surface area contributed by atoms with Crippen LogP contribution in [0.3, 0.4) is 0 Å². The van der Waals surface area contributed by atoms with Crippen molar-refractivity contribution < 1.29 is 17.3 Å².